The monoisotopic (exact) mass is 251 g/mol. The summed E-state index contributed by atoms with van der Waals surface area (Å²) in [7, 11) is 3.33. The molecule has 0 spiro atoms. The summed E-state index contributed by atoms with van der Waals surface area (Å²) in [6.45, 7) is 9.05. The first kappa shape index (κ1) is 13.5. The van der Waals surface area contributed by atoms with Gasteiger partial charge in [0.15, 0.2) is 0 Å². The summed E-state index contributed by atoms with van der Waals surface area (Å²) in [4.78, 5) is 2.09. The minimum absolute atomic E-state index is 0.326. The molecule has 4 nitrogen and oxygen atoms in total. The number of ether oxygens (including phenoxy) is 1. The third kappa shape index (κ3) is 2.17. The van der Waals surface area contributed by atoms with Crippen LogP contribution in [-0.2, 0) is 14.0 Å². The van der Waals surface area contributed by atoms with Crippen LogP contribution in [-0.4, -0.2) is 43.9 Å². The fraction of sp³-hybridized carbons (Fsp3) is 0.692. The molecular formula is C13H22BNO3. The van der Waals surface area contributed by atoms with Crippen LogP contribution in [0.3, 0.4) is 0 Å². The molecule has 2 heterocycles. The molecule has 0 aromatic heterocycles. The summed E-state index contributed by atoms with van der Waals surface area (Å²) in [6, 6.07) is 0. The maximum atomic E-state index is 6.05. The molecular weight excluding hydrogens is 229 g/mol. The topological polar surface area (TPSA) is 30.9 Å². The van der Waals surface area contributed by atoms with E-state index >= 15 is 0 Å². The maximum absolute atomic E-state index is 6.05. The molecule has 1 saturated heterocycles. The summed E-state index contributed by atoms with van der Waals surface area (Å²) >= 11 is 0. The molecule has 0 N–H and O–H groups in total. The molecule has 0 atom stereocenters. The Balaban J connectivity index is 2.25. The Labute approximate surface area is 110 Å². The van der Waals surface area contributed by atoms with Gasteiger partial charge in [0.25, 0.3) is 0 Å². The van der Waals surface area contributed by atoms with E-state index < -0.39 is 0 Å². The lowest BCUT2D eigenvalue weighted by atomic mass is 9.76. The van der Waals surface area contributed by atoms with Crippen LogP contribution in [0.15, 0.2) is 23.5 Å². The fourth-order valence-corrected chi connectivity index (χ4v) is 2.05. The van der Waals surface area contributed by atoms with Crippen LogP contribution in [0.5, 0.6) is 0 Å². The molecule has 0 aromatic rings. The van der Waals surface area contributed by atoms with Crippen molar-refractivity contribution in [1.29, 1.82) is 0 Å². The Morgan fingerprint density at radius 2 is 1.78 bits per heavy atom. The van der Waals surface area contributed by atoms with Crippen molar-refractivity contribution in [3.8, 4) is 0 Å². The number of methoxy groups -OCH3 is 1. The highest BCUT2D eigenvalue weighted by atomic mass is 16.7. The summed E-state index contributed by atoms with van der Waals surface area (Å²) < 4.78 is 17.5. The second-order valence-corrected chi connectivity index (χ2v) is 5.88. The summed E-state index contributed by atoms with van der Waals surface area (Å²) in [5, 5.41) is 0. The zero-order valence-corrected chi connectivity index (χ0v) is 12.1. The van der Waals surface area contributed by atoms with Gasteiger partial charge in [-0.1, -0.05) is 0 Å². The maximum Gasteiger partial charge on any atom is 0.500 e. The van der Waals surface area contributed by atoms with Gasteiger partial charge in [-0.05, 0) is 33.8 Å². The zero-order valence-electron chi connectivity index (χ0n) is 12.1. The molecule has 2 rings (SSSR count). The fourth-order valence-electron chi connectivity index (χ4n) is 2.05. The van der Waals surface area contributed by atoms with E-state index in [4.69, 9.17) is 14.0 Å². The first-order valence-electron chi connectivity index (χ1n) is 6.29. The van der Waals surface area contributed by atoms with E-state index in [-0.39, 0.29) is 18.3 Å². The molecule has 1 fully saturated rings. The zero-order chi connectivity index (χ0) is 13.6. The van der Waals surface area contributed by atoms with Gasteiger partial charge in [0.2, 0.25) is 0 Å². The van der Waals surface area contributed by atoms with Crippen LogP contribution in [0.4, 0.5) is 0 Å². The molecule has 0 radical (unpaired) electrons. The van der Waals surface area contributed by atoms with Crippen molar-refractivity contribution in [3.63, 3.8) is 0 Å². The molecule has 0 unspecified atom stereocenters. The molecule has 100 valence electrons. The smallest absolute Gasteiger partial charge is 0.497 e. The number of nitrogens with zero attached hydrogens (tertiary/aromatic N) is 1. The van der Waals surface area contributed by atoms with Gasteiger partial charge in [0.05, 0.1) is 18.3 Å². The van der Waals surface area contributed by atoms with E-state index in [1.54, 1.807) is 7.11 Å². The predicted molar refractivity (Wildman–Crippen MR) is 71.9 cm³/mol. The molecule has 0 amide bonds. The van der Waals surface area contributed by atoms with Gasteiger partial charge < -0.3 is 18.9 Å². The molecule has 2 aliphatic heterocycles. The Morgan fingerprint density at radius 3 is 2.28 bits per heavy atom. The molecule has 0 saturated carbocycles. The number of hydrogen-bond acceptors (Lipinski definition) is 4. The van der Waals surface area contributed by atoms with E-state index in [2.05, 4.69) is 32.6 Å². The molecule has 18 heavy (non-hydrogen) atoms. The standard InChI is InChI=1S/C13H22BNO3/c1-12(2)13(3,4)18-14(17-12)10-9-15(5)8-7-11(10)16-6/h7,9H,8H2,1-6H3. The van der Waals surface area contributed by atoms with Crippen molar-refractivity contribution in [2.75, 3.05) is 20.7 Å². The van der Waals surface area contributed by atoms with Gasteiger partial charge in [-0.2, -0.15) is 0 Å². The normalized spacial score (nSPS) is 25.9. The Kier molecular flexibility index (Phi) is 3.24. The van der Waals surface area contributed by atoms with Crippen LogP contribution in [0, 0.1) is 0 Å². The van der Waals surface area contributed by atoms with E-state index in [1.807, 2.05) is 19.3 Å². The van der Waals surface area contributed by atoms with Crippen molar-refractivity contribution >= 4 is 7.12 Å². The third-order valence-corrected chi connectivity index (χ3v) is 3.94. The van der Waals surface area contributed by atoms with Crippen LogP contribution in [0.25, 0.3) is 0 Å². The first-order valence-corrected chi connectivity index (χ1v) is 6.29. The van der Waals surface area contributed by atoms with Crippen LogP contribution < -0.4 is 0 Å². The highest BCUT2D eigenvalue weighted by Gasteiger charge is 2.53. The lowest BCUT2D eigenvalue weighted by Gasteiger charge is -2.32. The molecule has 5 heteroatoms. The van der Waals surface area contributed by atoms with Gasteiger partial charge in [-0.15, -0.1) is 0 Å². The lowest BCUT2D eigenvalue weighted by molar-refractivity contribution is 0.00578. The molecule has 0 bridgehead atoms. The van der Waals surface area contributed by atoms with Crippen molar-refractivity contribution in [1.82, 2.24) is 4.90 Å². The Morgan fingerprint density at radius 1 is 1.22 bits per heavy atom. The van der Waals surface area contributed by atoms with E-state index in [9.17, 15) is 0 Å². The van der Waals surface area contributed by atoms with Crippen molar-refractivity contribution in [3.05, 3.63) is 23.5 Å². The quantitative estimate of drug-likeness (QED) is 0.702. The van der Waals surface area contributed by atoms with Gasteiger partial charge in [0, 0.05) is 25.3 Å². The Hall–Kier alpha value is -0.935. The van der Waals surface area contributed by atoms with Gasteiger partial charge in [-0.3, -0.25) is 0 Å². The van der Waals surface area contributed by atoms with Crippen LogP contribution in [0.1, 0.15) is 27.7 Å². The highest BCUT2D eigenvalue weighted by Crippen LogP contribution is 2.40. The van der Waals surface area contributed by atoms with Crippen LogP contribution >= 0.6 is 0 Å². The molecule has 2 aliphatic rings. The molecule has 0 aromatic carbocycles. The summed E-state index contributed by atoms with van der Waals surface area (Å²) in [5.74, 6) is 0.839. The minimum Gasteiger partial charge on any atom is -0.497 e. The number of likely N-dealkylation sites (N-methyl/N-ethyl adjacent to an activating group) is 1. The Bertz CT molecular complexity index is 385. The largest absolute Gasteiger partial charge is 0.500 e. The first-order chi connectivity index (χ1) is 8.27. The second kappa shape index (κ2) is 4.32. The highest BCUT2D eigenvalue weighted by molar-refractivity contribution is 6.56. The second-order valence-electron chi connectivity index (χ2n) is 5.88. The van der Waals surface area contributed by atoms with E-state index in [0.717, 1.165) is 17.8 Å². The van der Waals surface area contributed by atoms with Crippen molar-refractivity contribution < 1.29 is 14.0 Å². The average Bonchev–Trinajstić information content (AvgIpc) is 2.48. The SMILES string of the molecule is COC1=CCN(C)C=C1B1OC(C)(C)C(C)(C)O1. The van der Waals surface area contributed by atoms with Gasteiger partial charge in [0.1, 0.15) is 5.76 Å². The predicted octanol–water partition coefficient (Wildman–Crippen LogP) is 1.98. The number of rotatable bonds is 2. The van der Waals surface area contributed by atoms with Crippen molar-refractivity contribution in [2.45, 2.75) is 38.9 Å². The third-order valence-electron chi connectivity index (χ3n) is 3.94. The lowest BCUT2D eigenvalue weighted by Crippen LogP contribution is -2.41. The van der Waals surface area contributed by atoms with E-state index in [0.29, 0.717) is 0 Å². The number of hydrogen-bond donors (Lipinski definition) is 0. The van der Waals surface area contributed by atoms with E-state index in [1.165, 1.54) is 0 Å². The summed E-state index contributed by atoms with van der Waals surface area (Å²) in [6.07, 6.45) is 4.07. The van der Waals surface area contributed by atoms with Gasteiger partial charge in [-0.25, -0.2) is 0 Å². The summed E-state index contributed by atoms with van der Waals surface area (Å²) in [5.41, 5.74) is 0.297. The van der Waals surface area contributed by atoms with Crippen molar-refractivity contribution in [2.24, 2.45) is 0 Å². The van der Waals surface area contributed by atoms with Crippen LogP contribution in [0.2, 0.25) is 0 Å². The number of allylic oxidation sites excluding steroid dienone is 1. The van der Waals surface area contributed by atoms with Gasteiger partial charge >= 0.3 is 7.12 Å². The molecule has 0 aliphatic carbocycles. The minimum atomic E-state index is -0.371. The average molecular weight is 251 g/mol.